The van der Waals surface area contributed by atoms with E-state index in [1.165, 1.54) is 12.4 Å². The summed E-state index contributed by atoms with van der Waals surface area (Å²) in [6.45, 7) is 0.459. The minimum Gasteiger partial charge on any atom is -1.00 e. The van der Waals surface area contributed by atoms with Crippen LogP contribution in [0.3, 0.4) is 0 Å². The molecule has 0 amide bonds. The van der Waals surface area contributed by atoms with Gasteiger partial charge in [-0.3, -0.25) is 0 Å². The summed E-state index contributed by atoms with van der Waals surface area (Å²) in [4.78, 5) is 0. The molecule has 2 rings (SSSR count). The Kier molecular flexibility index (Phi) is 12.2. The standard InChI is InChI=1S/C16H18N4O4.2HI/c21-15(11-19-5-1-13(2-6-19)9-17-23)16(22)12-20-7-3-14(4-8-20)10-18-24;;/h1-10,15-16,21-22H,11-12H2;2*1H. The third kappa shape index (κ3) is 7.88. The SMILES string of the molecule is O/N=C\c1cc[n+](CC(O)C(O)C[n+]2ccc(/C=N\O)cc2)cc1.[I-].[I-]. The molecule has 0 aromatic carbocycles. The van der Waals surface area contributed by atoms with Crippen LogP contribution in [0.15, 0.2) is 59.4 Å². The molecule has 2 aromatic rings. The van der Waals surface area contributed by atoms with Crippen molar-refractivity contribution in [1.29, 1.82) is 0 Å². The molecule has 2 atom stereocenters. The molecule has 26 heavy (non-hydrogen) atoms. The Bertz CT molecular complexity index is 635. The van der Waals surface area contributed by atoms with Gasteiger partial charge in [0.05, 0.1) is 12.4 Å². The molecule has 0 spiro atoms. The van der Waals surface area contributed by atoms with Gasteiger partial charge in [0.25, 0.3) is 0 Å². The summed E-state index contributed by atoms with van der Waals surface area (Å²) < 4.78 is 3.46. The molecule has 0 aliphatic rings. The Labute approximate surface area is 185 Å². The van der Waals surface area contributed by atoms with E-state index in [4.69, 9.17) is 10.4 Å². The Hall–Kier alpha value is -1.38. The molecule has 0 aliphatic carbocycles. The van der Waals surface area contributed by atoms with Crippen molar-refractivity contribution in [2.45, 2.75) is 25.3 Å². The Balaban J connectivity index is 0.00000312. The number of nitrogens with zero attached hydrogens (tertiary/aromatic N) is 4. The molecule has 8 nitrogen and oxygen atoms in total. The van der Waals surface area contributed by atoms with E-state index in [1.54, 1.807) is 58.2 Å². The van der Waals surface area contributed by atoms with Crippen LogP contribution in [0.1, 0.15) is 11.1 Å². The molecule has 2 unspecified atom stereocenters. The minimum absolute atomic E-state index is 0. The predicted octanol–water partition coefficient (Wildman–Crippen LogP) is -6.69. The lowest BCUT2D eigenvalue weighted by Crippen LogP contribution is -3.00. The van der Waals surface area contributed by atoms with Crippen LogP contribution < -0.4 is 57.1 Å². The topological polar surface area (TPSA) is 113 Å². The van der Waals surface area contributed by atoms with Crippen molar-refractivity contribution in [1.82, 2.24) is 0 Å². The van der Waals surface area contributed by atoms with Crippen molar-refractivity contribution >= 4 is 12.4 Å². The molecule has 0 saturated carbocycles. The minimum atomic E-state index is -0.946. The van der Waals surface area contributed by atoms with E-state index in [1.807, 2.05) is 0 Å². The van der Waals surface area contributed by atoms with Crippen molar-refractivity contribution in [2.24, 2.45) is 10.3 Å². The summed E-state index contributed by atoms with van der Waals surface area (Å²) in [5, 5.41) is 43.1. The highest BCUT2D eigenvalue weighted by molar-refractivity contribution is 5.78. The first-order valence-corrected chi connectivity index (χ1v) is 7.31. The number of aliphatic hydroxyl groups is 2. The van der Waals surface area contributed by atoms with E-state index in [9.17, 15) is 10.2 Å². The molecule has 10 heteroatoms. The number of aromatic nitrogens is 2. The van der Waals surface area contributed by atoms with Crippen LogP contribution in [0, 0.1) is 0 Å². The monoisotopic (exact) mass is 586 g/mol. The number of pyridine rings is 2. The van der Waals surface area contributed by atoms with Gasteiger partial charge in [0, 0.05) is 35.4 Å². The fraction of sp³-hybridized carbons (Fsp3) is 0.250. The van der Waals surface area contributed by atoms with E-state index in [-0.39, 0.29) is 61.0 Å². The van der Waals surface area contributed by atoms with Gasteiger partial charge in [-0.1, -0.05) is 10.3 Å². The maximum absolute atomic E-state index is 10.1. The van der Waals surface area contributed by atoms with Gasteiger partial charge in [0.2, 0.25) is 0 Å². The van der Waals surface area contributed by atoms with Crippen molar-refractivity contribution in [3.63, 3.8) is 0 Å². The zero-order chi connectivity index (χ0) is 17.4. The lowest BCUT2D eigenvalue weighted by atomic mass is 10.2. The lowest BCUT2D eigenvalue weighted by Gasteiger charge is -2.12. The smallest absolute Gasteiger partial charge is 0.176 e. The van der Waals surface area contributed by atoms with Crippen LogP contribution >= 0.6 is 0 Å². The van der Waals surface area contributed by atoms with Gasteiger partial charge in [-0.05, 0) is 0 Å². The fourth-order valence-corrected chi connectivity index (χ4v) is 2.16. The first-order valence-electron chi connectivity index (χ1n) is 7.31. The van der Waals surface area contributed by atoms with Gasteiger partial charge < -0.3 is 68.6 Å². The molecule has 0 saturated heterocycles. The van der Waals surface area contributed by atoms with Crippen molar-refractivity contribution in [3.05, 3.63) is 60.2 Å². The van der Waals surface area contributed by atoms with Gasteiger partial charge in [-0.15, -0.1) is 0 Å². The first kappa shape index (κ1) is 24.6. The third-order valence-electron chi connectivity index (χ3n) is 3.49. The predicted molar refractivity (Wildman–Crippen MR) is 84.0 cm³/mol. The number of aliphatic hydroxyl groups excluding tert-OH is 2. The highest BCUT2D eigenvalue weighted by Gasteiger charge is 2.24. The fourth-order valence-electron chi connectivity index (χ4n) is 2.16. The largest absolute Gasteiger partial charge is 1.00 e. The molecule has 2 heterocycles. The molecule has 0 aliphatic heterocycles. The summed E-state index contributed by atoms with van der Waals surface area (Å²) >= 11 is 0. The average molecular weight is 586 g/mol. The maximum atomic E-state index is 10.1. The van der Waals surface area contributed by atoms with E-state index < -0.39 is 12.2 Å². The molecular weight excluding hydrogens is 566 g/mol. The molecule has 4 N–H and O–H groups in total. The quantitative estimate of drug-likeness (QED) is 0.0851. The van der Waals surface area contributed by atoms with Gasteiger partial charge in [0.15, 0.2) is 37.9 Å². The van der Waals surface area contributed by atoms with Crippen LogP contribution in [-0.2, 0) is 13.1 Å². The molecule has 142 valence electrons. The van der Waals surface area contributed by atoms with E-state index in [0.29, 0.717) is 0 Å². The van der Waals surface area contributed by atoms with Gasteiger partial charge >= 0.3 is 0 Å². The number of rotatable bonds is 7. The summed E-state index contributed by atoms with van der Waals surface area (Å²) in [5.74, 6) is 0. The second-order valence-electron chi connectivity index (χ2n) is 5.28. The van der Waals surface area contributed by atoms with Crippen molar-refractivity contribution < 1.29 is 77.7 Å². The normalized spacial score (nSPS) is 13.2. The van der Waals surface area contributed by atoms with Crippen LogP contribution in [-0.4, -0.2) is 45.3 Å². The Morgan fingerprint density at radius 3 is 1.31 bits per heavy atom. The van der Waals surface area contributed by atoms with Crippen LogP contribution in [0.2, 0.25) is 0 Å². The van der Waals surface area contributed by atoms with Crippen LogP contribution in [0.5, 0.6) is 0 Å². The molecule has 0 fully saturated rings. The number of halogens is 2. The summed E-state index contributed by atoms with van der Waals surface area (Å²) in [5.41, 5.74) is 1.46. The zero-order valence-electron chi connectivity index (χ0n) is 13.7. The average Bonchev–Trinajstić information content (AvgIpc) is 2.59. The van der Waals surface area contributed by atoms with Gasteiger partial charge in [-0.25, -0.2) is 9.13 Å². The number of hydrogen-bond donors (Lipinski definition) is 4. The van der Waals surface area contributed by atoms with Gasteiger partial charge in [-0.2, -0.15) is 0 Å². The second-order valence-corrected chi connectivity index (χ2v) is 5.28. The highest BCUT2D eigenvalue weighted by atomic mass is 127. The Morgan fingerprint density at radius 2 is 1.04 bits per heavy atom. The maximum Gasteiger partial charge on any atom is 0.176 e. The van der Waals surface area contributed by atoms with Gasteiger partial charge in [0.1, 0.15) is 12.2 Å². The molecule has 0 radical (unpaired) electrons. The number of hydrogen-bond acceptors (Lipinski definition) is 6. The zero-order valence-corrected chi connectivity index (χ0v) is 18.0. The molecule has 2 aromatic heterocycles. The first-order chi connectivity index (χ1) is 11.6. The molecule has 0 bridgehead atoms. The van der Waals surface area contributed by atoms with Crippen LogP contribution in [0.25, 0.3) is 0 Å². The van der Waals surface area contributed by atoms with E-state index >= 15 is 0 Å². The summed E-state index contributed by atoms with van der Waals surface area (Å²) in [6, 6.07) is 6.92. The van der Waals surface area contributed by atoms with E-state index in [2.05, 4.69) is 10.3 Å². The molecular formula is C16H20I2N4O4. The van der Waals surface area contributed by atoms with Crippen molar-refractivity contribution in [2.75, 3.05) is 0 Å². The van der Waals surface area contributed by atoms with E-state index in [0.717, 1.165) is 11.1 Å². The van der Waals surface area contributed by atoms with Crippen LogP contribution in [0.4, 0.5) is 0 Å². The summed E-state index contributed by atoms with van der Waals surface area (Å²) in [6.07, 6.45) is 7.62. The second kappa shape index (κ2) is 12.9. The van der Waals surface area contributed by atoms with Crippen molar-refractivity contribution in [3.8, 4) is 0 Å². The number of oxime groups is 2. The Morgan fingerprint density at radius 1 is 0.731 bits per heavy atom. The lowest BCUT2D eigenvalue weighted by molar-refractivity contribution is -0.719. The summed E-state index contributed by atoms with van der Waals surface area (Å²) in [7, 11) is 0. The highest BCUT2D eigenvalue weighted by Crippen LogP contribution is 1.97. The third-order valence-corrected chi connectivity index (χ3v) is 3.49.